The summed E-state index contributed by atoms with van der Waals surface area (Å²) in [6, 6.07) is 24.9. The Morgan fingerprint density at radius 1 is 0.750 bits per heavy atom. The number of imide groups is 1. The highest BCUT2D eigenvalue weighted by Gasteiger charge is 2.28. The van der Waals surface area contributed by atoms with Crippen molar-refractivity contribution >= 4 is 18.2 Å². The van der Waals surface area contributed by atoms with Crippen LogP contribution < -0.4 is 5.32 Å². The van der Waals surface area contributed by atoms with Gasteiger partial charge < -0.3 is 14.2 Å². The van der Waals surface area contributed by atoms with Gasteiger partial charge in [0.15, 0.2) is 0 Å². The molecule has 0 saturated carbocycles. The molecule has 7 heteroatoms. The molecule has 0 aliphatic rings. The highest BCUT2D eigenvalue weighted by atomic mass is 16.7. The number of hydrogen-bond acceptors (Lipinski definition) is 6. The highest BCUT2D eigenvalue weighted by Crippen LogP contribution is 2.20. The van der Waals surface area contributed by atoms with Gasteiger partial charge in [-0.25, -0.2) is 9.59 Å². The highest BCUT2D eigenvalue weighted by molar-refractivity contribution is 5.95. The van der Waals surface area contributed by atoms with Crippen LogP contribution in [-0.2, 0) is 32.2 Å². The van der Waals surface area contributed by atoms with Crippen LogP contribution in [0.3, 0.4) is 0 Å². The second kappa shape index (κ2) is 11.3. The van der Waals surface area contributed by atoms with Crippen molar-refractivity contribution in [2.75, 3.05) is 0 Å². The third-order valence-corrected chi connectivity index (χ3v) is 4.47. The van der Waals surface area contributed by atoms with Crippen molar-refractivity contribution in [2.45, 2.75) is 26.2 Å². The van der Waals surface area contributed by atoms with Crippen molar-refractivity contribution in [1.82, 2.24) is 5.32 Å². The zero-order valence-electron chi connectivity index (χ0n) is 17.5. The maximum Gasteiger partial charge on any atom is 0.509 e. The summed E-state index contributed by atoms with van der Waals surface area (Å²) in [5, 5.41) is 2.11. The molecule has 0 spiro atoms. The predicted octanol–water partition coefficient (Wildman–Crippen LogP) is 4.84. The molecule has 1 N–H and O–H groups in total. The van der Waals surface area contributed by atoms with Crippen molar-refractivity contribution in [1.29, 1.82) is 0 Å². The molecule has 0 saturated heterocycles. The summed E-state index contributed by atoms with van der Waals surface area (Å²) in [6.07, 6.45) is -3.37. The minimum Gasteiger partial charge on any atom is -0.444 e. The quantitative estimate of drug-likeness (QED) is 0.536. The first-order valence-electron chi connectivity index (χ1n) is 9.96. The SMILES string of the molecule is Cc1ccc([C@@H](OC(=O)OCc2ccccc2)C(=O)NC(=O)OCc2ccccc2)cc1. The van der Waals surface area contributed by atoms with Crippen molar-refractivity contribution in [2.24, 2.45) is 0 Å². The molecule has 164 valence electrons. The molecule has 0 heterocycles. The second-order valence-electron chi connectivity index (χ2n) is 6.98. The Kier molecular flexibility index (Phi) is 7.97. The molecular formula is C25H23NO6. The Balaban J connectivity index is 1.62. The van der Waals surface area contributed by atoms with Gasteiger partial charge in [0.2, 0.25) is 6.10 Å². The summed E-state index contributed by atoms with van der Waals surface area (Å²) in [5.74, 6) is -0.844. The lowest BCUT2D eigenvalue weighted by Gasteiger charge is -2.17. The average molecular weight is 433 g/mol. The number of ether oxygens (including phenoxy) is 3. The van der Waals surface area contributed by atoms with Gasteiger partial charge in [-0.15, -0.1) is 0 Å². The van der Waals surface area contributed by atoms with E-state index in [1.54, 1.807) is 48.5 Å². The number of aryl methyl sites for hydroxylation is 1. The van der Waals surface area contributed by atoms with E-state index in [4.69, 9.17) is 14.2 Å². The summed E-state index contributed by atoms with van der Waals surface area (Å²) < 4.78 is 15.4. The molecule has 0 unspecified atom stereocenters. The van der Waals surface area contributed by atoms with E-state index in [2.05, 4.69) is 5.32 Å². The molecule has 0 aromatic heterocycles. The number of carbonyl (C=O) groups is 3. The van der Waals surface area contributed by atoms with Crippen LogP contribution in [0.4, 0.5) is 9.59 Å². The molecule has 3 aromatic carbocycles. The molecule has 0 aliphatic carbocycles. The molecule has 0 radical (unpaired) electrons. The maximum absolute atomic E-state index is 12.7. The number of nitrogens with one attached hydrogen (secondary N) is 1. The molecule has 3 rings (SSSR count). The van der Waals surface area contributed by atoms with Crippen LogP contribution in [0.1, 0.15) is 28.4 Å². The van der Waals surface area contributed by atoms with Crippen molar-refractivity contribution in [3.63, 3.8) is 0 Å². The minimum atomic E-state index is -1.39. The van der Waals surface area contributed by atoms with Gasteiger partial charge >= 0.3 is 12.2 Å². The fourth-order valence-electron chi connectivity index (χ4n) is 2.79. The van der Waals surface area contributed by atoms with Crippen LogP contribution >= 0.6 is 0 Å². The Morgan fingerprint density at radius 3 is 1.84 bits per heavy atom. The van der Waals surface area contributed by atoms with Crippen molar-refractivity contribution in [3.05, 3.63) is 107 Å². The summed E-state index contributed by atoms with van der Waals surface area (Å²) in [5.41, 5.74) is 2.89. The van der Waals surface area contributed by atoms with Gasteiger partial charge in [-0.3, -0.25) is 10.1 Å². The molecule has 0 bridgehead atoms. The lowest BCUT2D eigenvalue weighted by molar-refractivity contribution is -0.130. The lowest BCUT2D eigenvalue weighted by atomic mass is 10.1. The fraction of sp³-hybridized carbons (Fsp3) is 0.160. The van der Waals surface area contributed by atoms with Gasteiger partial charge in [-0.1, -0.05) is 90.5 Å². The topological polar surface area (TPSA) is 90.9 Å². The smallest absolute Gasteiger partial charge is 0.444 e. The zero-order valence-corrected chi connectivity index (χ0v) is 17.5. The Hall–Kier alpha value is -4.13. The molecule has 3 aromatic rings. The van der Waals surface area contributed by atoms with E-state index >= 15 is 0 Å². The normalized spacial score (nSPS) is 11.2. The summed E-state index contributed by atoms with van der Waals surface area (Å²) in [4.78, 5) is 37.0. The number of alkyl carbamates (subject to hydrolysis) is 1. The monoisotopic (exact) mass is 433 g/mol. The number of hydrogen-bond donors (Lipinski definition) is 1. The number of benzene rings is 3. The third-order valence-electron chi connectivity index (χ3n) is 4.47. The first-order chi connectivity index (χ1) is 15.5. The van der Waals surface area contributed by atoms with Crippen LogP contribution in [0.15, 0.2) is 84.9 Å². The second-order valence-corrected chi connectivity index (χ2v) is 6.98. The Bertz CT molecular complexity index is 1040. The van der Waals surface area contributed by atoms with Crippen LogP contribution in [0.5, 0.6) is 0 Å². The van der Waals surface area contributed by atoms with Crippen LogP contribution in [0, 0.1) is 6.92 Å². The first-order valence-corrected chi connectivity index (χ1v) is 9.96. The van der Waals surface area contributed by atoms with Gasteiger partial charge in [-0.05, 0) is 18.1 Å². The average Bonchev–Trinajstić information content (AvgIpc) is 2.82. The number of amides is 2. The van der Waals surface area contributed by atoms with Gasteiger partial charge in [0.1, 0.15) is 13.2 Å². The minimum absolute atomic E-state index is 0.00484. The van der Waals surface area contributed by atoms with Gasteiger partial charge in [0.05, 0.1) is 0 Å². The molecule has 2 amide bonds. The van der Waals surface area contributed by atoms with E-state index < -0.39 is 24.3 Å². The van der Waals surface area contributed by atoms with Gasteiger partial charge in [0, 0.05) is 5.56 Å². The molecule has 0 fully saturated rings. The predicted molar refractivity (Wildman–Crippen MR) is 116 cm³/mol. The van der Waals surface area contributed by atoms with E-state index in [1.165, 1.54) is 0 Å². The number of carbonyl (C=O) groups excluding carboxylic acids is 3. The summed E-state index contributed by atoms with van der Waals surface area (Å²) >= 11 is 0. The molecule has 1 atom stereocenters. The van der Waals surface area contributed by atoms with Crippen LogP contribution in [0.25, 0.3) is 0 Å². The van der Waals surface area contributed by atoms with E-state index in [9.17, 15) is 14.4 Å². The Labute approximate surface area is 185 Å². The standard InChI is InChI=1S/C25H23NO6/c1-18-12-14-21(15-13-18)22(32-25(29)31-17-20-10-6-3-7-11-20)23(27)26-24(28)30-16-19-8-4-2-5-9-19/h2-15,22H,16-17H2,1H3,(H,26,27,28)/t22-/m1/s1. The summed E-state index contributed by atoms with van der Waals surface area (Å²) in [6.45, 7) is 1.87. The molecule has 7 nitrogen and oxygen atoms in total. The fourth-order valence-corrected chi connectivity index (χ4v) is 2.79. The van der Waals surface area contributed by atoms with Crippen LogP contribution in [-0.4, -0.2) is 18.2 Å². The van der Waals surface area contributed by atoms with Crippen molar-refractivity contribution < 1.29 is 28.6 Å². The maximum atomic E-state index is 12.7. The number of rotatable bonds is 7. The lowest BCUT2D eigenvalue weighted by Crippen LogP contribution is -2.37. The Morgan fingerprint density at radius 2 is 1.28 bits per heavy atom. The molecule has 32 heavy (non-hydrogen) atoms. The zero-order chi connectivity index (χ0) is 22.8. The molecular weight excluding hydrogens is 410 g/mol. The van der Waals surface area contributed by atoms with E-state index in [0.717, 1.165) is 16.7 Å². The van der Waals surface area contributed by atoms with Crippen molar-refractivity contribution in [3.8, 4) is 0 Å². The molecule has 0 aliphatic heterocycles. The third kappa shape index (κ3) is 6.98. The van der Waals surface area contributed by atoms with Gasteiger partial charge in [-0.2, -0.15) is 0 Å². The first kappa shape index (κ1) is 22.6. The van der Waals surface area contributed by atoms with E-state index in [0.29, 0.717) is 5.56 Å². The largest absolute Gasteiger partial charge is 0.509 e. The van der Waals surface area contributed by atoms with E-state index in [1.807, 2.05) is 43.3 Å². The summed E-state index contributed by atoms with van der Waals surface area (Å²) in [7, 11) is 0. The van der Waals surface area contributed by atoms with E-state index in [-0.39, 0.29) is 13.2 Å². The van der Waals surface area contributed by atoms with Crippen LogP contribution in [0.2, 0.25) is 0 Å². The van der Waals surface area contributed by atoms with Gasteiger partial charge in [0.25, 0.3) is 5.91 Å².